The molecule has 2 saturated carbocycles. The standard InChI is InChI=1S/C30H38FN3O4/c1-29-17-18-30(38-29)24(23(29)26(35)32-21-15-13-19(31)14-16-21)28(37)34(22-11-7-2-3-8-12-22)25(30)27(36)33-20-9-5-4-6-10-20/h13-18,20,22-25H,2-12H2,1H3,(H,32,35)(H,33,36). The molecule has 5 unspecified atom stereocenters. The molecule has 6 rings (SSSR count). The number of carbonyl (C=O) groups excluding carboxylic acids is 3. The van der Waals surface area contributed by atoms with Gasteiger partial charge < -0.3 is 20.3 Å². The fourth-order valence-electron chi connectivity index (χ4n) is 7.78. The van der Waals surface area contributed by atoms with Crippen LogP contribution < -0.4 is 10.6 Å². The van der Waals surface area contributed by atoms with Gasteiger partial charge in [-0.3, -0.25) is 14.4 Å². The predicted octanol–water partition coefficient (Wildman–Crippen LogP) is 4.48. The number of carbonyl (C=O) groups is 3. The molecule has 3 aliphatic heterocycles. The number of nitrogens with one attached hydrogen (secondary N) is 2. The smallest absolute Gasteiger partial charge is 0.246 e. The lowest BCUT2D eigenvalue weighted by Gasteiger charge is -2.38. The summed E-state index contributed by atoms with van der Waals surface area (Å²) in [5, 5.41) is 6.15. The molecule has 7 nitrogen and oxygen atoms in total. The maximum absolute atomic E-state index is 14.3. The van der Waals surface area contributed by atoms with Crippen LogP contribution in [0.3, 0.4) is 0 Å². The van der Waals surface area contributed by atoms with Crippen molar-refractivity contribution in [2.75, 3.05) is 5.32 Å². The van der Waals surface area contributed by atoms with Crippen LogP contribution in [0.5, 0.6) is 0 Å². The van der Waals surface area contributed by atoms with Crippen LogP contribution in [0.1, 0.15) is 77.6 Å². The number of rotatable bonds is 5. The first kappa shape index (κ1) is 25.5. The molecule has 2 saturated heterocycles. The average Bonchev–Trinajstić information content (AvgIpc) is 3.34. The van der Waals surface area contributed by atoms with E-state index in [0.717, 1.165) is 64.2 Å². The third-order valence-corrected chi connectivity index (χ3v) is 9.55. The van der Waals surface area contributed by atoms with Crippen LogP contribution in [0, 0.1) is 17.7 Å². The van der Waals surface area contributed by atoms with Gasteiger partial charge in [0.25, 0.3) is 0 Å². The van der Waals surface area contributed by atoms with E-state index in [2.05, 4.69) is 10.6 Å². The minimum Gasteiger partial charge on any atom is -0.356 e. The molecule has 0 radical (unpaired) electrons. The molecule has 4 fully saturated rings. The Labute approximate surface area is 223 Å². The summed E-state index contributed by atoms with van der Waals surface area (Å²) in [5.74, 6) is -2.65. The molecule has 2 N–H and O–H groups in total. The normalized spacial score (nSPS) is 35.3. The summed E-state index contributed by atoms with van der Waals surface area (Å²) in [6.45, 7) is 1.82. The second kappa shape index (κ2) is 9.78. The van der Waals surface area contributed by atoms with Crippen LogP contribution in [-0.2, 0) is 19.1 Å². The Bertz CT molecular complexity index is 1120. The van der Waals surface area contributed by atoms with Crippen LogP contribution in [0.4, 0.5) is 10.1 Å². The Morgan fingerprint density at radius 1 is 0.921 bits per heavy atom. The molecular weight excluding hydrogens is 485 g/mol. The minimum atomic E-state index is -1.18. The van der Waals surface area contributed by atoms with Gasteiger partial charge in [0.1, 0.15) is 17.5 Å². The van der Waals surface area contributed by atoms with Crippen LogP contribution in [0.25, 0.3) is 0 Å². The Hall–Kier alpha value is -2.74. The topological polar surface area (TPSA) is 87.7 Å². The highest BCUT2D eigenvalue weighted by atomic mass is 19.1. The van der Waals surface area contributed by atoms with Crippen molar-refractivity contribution in [3.05, 3.63) is 42.2 Å². The highest BCUT2D eigenvalue weighted by molar-refractivity contribution is 6.03. The van der Waals surface area contributed by atoms with E-state index in [0.29, 0.717) is 5.69 Å². The summed E-state index contributed by atoms with van der Waals surface area (Å²) in [6.07, 6.45) is 15.0. The van der Waals surface area contributed by atoms with Gasteiger partial charge in [0.05, 0.1) is 17.4 Å². The van der Waals surface area contributed by atoms with E-state index < -0.39 is 34.9 Å². The fourth-order valence-corrected chi connectivity index (χ4v) is 7.78. The van der Waals surface area contributed by atoms with Crippen molar-refractivity contribution in [2.45, 2.75) is 107 Å². The minimum absolute atomic E-state index is 0.0447. The number of fused-ring (bicyclic) bond motifs is 1. The third kappa shape index (κ3) is 4.16. The number of amides is 3. The van der Waals surface area contributed by atoms with E-state index in [1.807, 2.05) is 24.0 Å². The van der Waals surface area contributed by atoms with Crippen LogP contribution in [0.2, 0.25) is 0 Å². The van der Waals surface area contributed by atoms with Gasteiger partial charge in [-0.25, -0.2) is 4.39 Å². The number of hydrogen-bond donors (Lipinski definition) is 2. The molecule has 3 amide bonds. The maximum Gasteiger partial charge on any atom is 0.246 e. The molecule has 204 valence electrons. The van der Waals surface area contributed by atoms with Gasteiger partial charge in [-0.15, -0.1) is 0 Å². The second-order valence-corrected chi connectivity index (χ2v) is 12.1. The molecule has 0 aromatic heterocycles. The summed E-state index contributed by atoms with van der Waals surface area (Å²) in [7, 11) is 0. The van der Waals surface area contributed by atoms with E-state index in [1.165, 1.54) is 30.7 Å². The third-order valence-electron chi connectivity index (χ3n) is 9.55. The number of nitrogens with zero attached hydrogens (tertiary/aromatic N) is 1. The zero-order valence-corrected chi connectivity index (χ0v) is 22.1. The molecule has 1 aromatic rings. The largest absolute Gasteiger partial charge is 0.356 e. The molecule has 1 aromatic carbocycles. The molecule has 1 spiro atoms. The number of benzene rings is 1. The van der Waals surface area contributed by atoms with Gasteiger partial charge in [0.2, 0.25) is 17.7 Å². The van der Waals surface area contributed by atoms with Crippen LogP contribution >= 0.6 is 0 Å². The lowest BCUT2D eigenvalue weighted by molar-refractivity contribution is -0.147. The molecule has 5 atom stereocenters. The maximum atomic E-state index is 14.3. The highest BCUT2D eigenvalue weighted by Crippen LogP contribution is 2.60. The van der Waals surface area contributed by atoms with Crippen molar-refractivity contribution in [1.82, 2.24) is 10.2 Å². The zero-order valence-electron chi connectivity index (χ0n) is 22.1. The molecule has 2 bridgehead atoms. The summed E-state index contributed by atoms with van der Waals surface area (Å²) in [5.41, 5.74) is -1.73. The number of ether oxygens (including phenoxy) is 1. The van der Waals surface area contributed by atoms with Crippen molar-refractivity contribution < 1.29 is 23.5 Å². The molecule has 5 aliphatic rings. The van der Waals surface area contributed by atoms with E-state index in [4.69, 9.17) is 4.74 Å². The Morgan fingerprint density at radius 3 is 2.24 bits per heavy atom. The number of likely N-dealkylation sites (tertiary alicyclic amines) is 1. The van der Waals surface area contributed by atoms with Crippen molar-refractivity contribution in [3.8, 4) is 0 Å². The van der Waals surface area contributed by atoms with E-state index in [9.17, 15) is 18.8 Å². The molecule has 38 heavy (non-hydrogen) atoms. The predicted molar refractivity (Wildman–Crippen MR) is 141 cm³/mol. The van der Waals surface area contributed by atoms with E-state index >= 15 is 0 Å². The lowest BCUT2D eigenvalue weighted by atomic mass is 9.70. The van der Waals surface area contributed by atoms with E-state index in [-0.39, 0.29) is 29.8 Å². The van der Waals surface area contributed by atoms with Gasteiger partial charge in [-0.05, 0) is 56.9 Å². The summed E-state index contributed by atoms with van der Waals surface area (Å²) in [4.78, 5) is 43.9. The number of halogens is 1. The Balaban J connectivity index is 1.35. The van der Waals surface area contributed by atoms with Gasteiger partial charge >= 0.3 is 0 Å². The van der Waals surface area contributed by atoms with Gasteiger partial charge in [0.15, 0.2) is 0 Å². The van der Waals surface area contributed by atoms with Crippen LogP contribution in [-0.4, -0.2) is 51.9 Å². The summed E-state index contributed by atoms with van der Waals surface area (Å²) < 4.78 is 20.1. The number of hydrogen-bond acceptors (Lipinski definition) is 4. The summed E-state index contributed by atoms with van der Waals surface area (Å²) >= 11 is 0. The van der Waals surface area contributed by atoms with Crippen molar-refractivity contribution in [1.29, 1.82) is 0 Å². The lowest BCUT2D eigenvalue weighted by Crippen LogP contribution is -2.58. The Kier molecular flexibility index (Phi) is 6.57. The monoisotopic (exact) mass is 523 g/mol. The fraction of sp³-hybridized carbons (Fsp3) is 0.633. The number of anilines is 1. The SMILES string of the molecule is CC12C=CC3(O1)C(C(=O)N(C1CCCCCC1)C3C(=O)NC1CCCCC1)C2C(=O)Nc1ccc(F)cc1. The van der Waals surface area contributed by atoms with Crippen molar-refractivity contribution >= 4 is 23.4 Å². The zero-order chi connectivity index (χ0) is 26.5. The second-order valence-electron chi connectivity index (χ2n) is 12.1. The van der Waals surface area contributed by atoms with Crippen LogP contribution in [0.15, 0.2) is 36.4 Å². The quantitative estimate of drug-likeness (QED) is 0.440. The van der Waals surface area contributed by atoms with Crippen molar-refractivity contribution in [2.24, 2.45) is 11.8 Å². The first-order valence-electron chi connectivity index (χ1n) is 14.4. The first-order chi connectivity index (χ1) is 18.3. The molecule has 3 heterocycles. The van der Waals surface area contributed by atoms with E-state index in [1.54, 1.807) is 0 Å². The van der Waals surface area contributed by atoms with Gasteiger partial charge in [-0.2, -0.15) is 0 Å². The highest BCUT2D eigenvalue weighted by Gasteiger charge is 2.76. The molecule has 2 aliphatic carbocycles. The van der Waals surface area contributed by atoms with Crippen molar-refractivity contribution in [3.63, 3.8) is 0 Å². The average molecular weight is 524 g/mol. The first-order valence-corrected chi connectivity index (χ1v) is 14.4. The van der Waals surface area contributed by atoms with Gasteiger partial charge in [-0.1, -0.05) is 57.1 Å². The molecular formula is C30H38FN3O4. The summed E-state index contributed by atoms with van der Waals surface area (Å²) in [6, 6.07) is 4.84. The van der Waals surface area contributed by atoms with Gasteiger partial charge in [0, 0.05) is 17.8 Å². The Morgan fingerprint density at radius 2 is 1.55 bits per heavy atom. The molecule has 8 heteroatoms.